The fraction of sp³-hybridized carbons (Fsp3) is 0.350. The highest BCUT2D eigenvalue weighted by atomic mass is 35.5. The largest absolute Gasteiger partial charge is 0.342 e. The van der Waals surface area contributed by atoms with Crippen molar-refractivity contribution in [2.45, 2.75) is 31.6 Å². The van der Waals surface area contributed by atoms with Gasteiger partial charge in [-0.2, -0.15) is 4.98 Å². The van der Waals surface area contributed by atoms with E-state index in [4.69, 9.17) is 16.1 Å². The summed E-state index contributed by atoms with van der Waals surface area (Å²) in [4.78, 5) is 34.9. The molecule has 2 aromatic heterocycles. The standard InChI is InChI=1S/C20H20ClN5O3S/c21-15-5-3-13(4-6-15)18-24-19(29-25-18)14-2-1-10-26(12-14)17(28)8-7-16(27)23-20-22-9-11-30-20/h3-6,9,11,14H,1-2,7-8,10,12H2,(H,22,23,27). The van der Waals surface area contributed by atoms with Gasteiger partial charge in [-0.15, -0.1) is 11.3 Å². The van der Waals surface area contributed by atoms with Crippen LogP contribution in [0.1, 0.15) is 37.5 Å². The number of benzene rings is 1. The van der Waals surface area contributed by atoms with E-state index in [1.54, 1.807) is 28.6 Å². The maximum atomic E-state index is 12.6. The minimum absolute atomic E-state index is 0.0135. The number of halogens is 1. The van der Waals surface area contributed by atoms with Gasteiger partial charge in [-0.25, -0.2) is 4.98 Å². The second-order valence-corrected chi connectivity index (χ2v) is 8.36. The summed E-state index contributed by atoms with van der Waals surface area (Å²) in [6, 6.07) is 7.23. The van der Waals surface area contributed by atoms with Gasteiger partial charge >= 0.3 is 0 Å². The van der Waals surface area contributed by atoms with E-state index in [-0.39, 0.29) is 30.6 Å². The van der Waals surface area contributed by atoms with E-state index in [1.165, 1.54) is 11.3 Å². The number of aromatic nitrogens is 3. The highest BCUT2D eigenvalue weighted by Gasteiger charge is 2.28. The number of hydrogen-bond acceptors (Lipinski definition) is 7. The molecule has 1 saturated heterocycles. The molecule has 3 heterocycles. The zero-order valence-electron chi connectivity index (χ0n) is 16.1. The maximum Gasteiger partial charge on any atom is 0.231 e. The number of nitrogens with one attached hydrogen (secondary N) is 1. The van der Waals surface area contributed by atoms with Crippen LogP contribution in [-0.2, 0) is 9.59 Å². The van der Waals surface area contributed by atoms with E-state index in [2.05, 4.69) is 20.4 Å². The molecule has 1 fully saturated rings. The molecule has 1 N–H and O–H groups in total. The van der Waals surface area contributed by atoms with Crippen molar-refractivity contribution in [3.63, 3.8) is 0 Å². The molecule has 1 aliphatic heterocycles. The lowest BCUT2D eigenvalue weighted by Crippen LogP contribution is -2.39. The number of thiazole rings is 1. The smallest absolute Gasteiger partial charge is 0.231 e. The summed E-state index contributed by atoms with van der Waals surface area (Å²) in [5, 5.41) is 9.72. The first-order chi connectivity index (χ1) is 14.6. The Morgan fingerprint density at radius 3 is 2.87 bits per heavy atom. The molecule has 3 aromatic rings. The molecule has 2 amide bonds. The zero-order valence-corrected chi connectivity index (χ0v) is 17.7. The van der Waals surface area contributed by atoms with Crippen LogP contribution in [0.4, 0.5) is 5.13 Å². The first-order valence-electron chi connectivity index (χ1n) is 9.65. The molecule has 1 aliphatic rings. The number of likely N-dealkylation sites (tertiary alicyclic amines) is 1. The monoisotopic (exact) mass is 445 g/mol. The first-order valence-corrected chi connectivity index (χ1v) is 10.9. The minimum atomic E-state index is -0.212. The van der Waals surface area contributed by atoms with E-state index < -0.39 is 0 Å². The Morgan fingerprint density at radius 2 is 2.10 bits per heavy atom. The van der Waals surface area contributed by atoms with Gasteiger partial charge in [0.05, 0.1) is 5.92 Å². The van der Waals surface area contributed by atoms with Crippen molar-refractivity contribution in [1.29, 1.82) is 0 Å². The second-order valence-electron chi connectivity index (χ2n) is 7.03. The van der Waals surface area contributed by atoms with Crippen molar-refractivity contribution in [2.24, 2.45) is 0 Å². The van der Waals surface area contributed by atoms with Crippen molar-refractivity contribution < 1.29 is 14.1 Å². The highest BCUT2D eigenvalue weighted by Crippen LogP contribution is 2.28. The van der Waals surface area contributed by atoms with Crippen LogP contribution < -0.4 is 5.32 Å². The normalized spacial score (nSPS) is 16.4. The van der Waals surface area contributed by atoms with Gasteiger partial charge in [-0.3, -0.25) is 9.59 Å². The van der Waals surface area contributed by atoms with Gasteiger partial charge in [-0.05, 0) is 37.1 Å². The maximum absolute atomic E-state index is 12.6. The van der Waals surface area contributed by atoms with Gasteiger partial charge in [0.1, 0.15) is 0 Å². The molecule has 10 heteroatoms. The average molecular weight is 446 g/mol. The number of carbonyl (C=O) groups excluding carboxylic acids is 2. The number of piperidine rings is 1. The van der Waals surface area contributed by atoms with Gasteiger partial charge in [0.2, 0.25) is 23.5 Å². The number of hydrogen-bond donors (Lipinski definition) is 1. The van der Waals surface area contributed by atoms with Crippen molar-refractivity contribution in [1.82, 2.24) is 20.0 Å². The molecule has 0 spiro atoms. The van der Waals surface area contributed by atoms with E-state index >= 15 is 0 Å². The summed E-state index contributed by atoms with van der Waals surface area (Å²) in [5.41, 5.74) is 0.824. The van der Waals surface area contributed by atoms with Crippen LogP contribution in [0.25, 0.3) is 11.4 Å². The van der Waals surface area contributed by atoms with Crippen LogP contribution in [0, 0.1) is 0 Å². The topological polar surface area (TPSA) is 101 Å². The van der Waals surface area contributed by atoms with Gasteiger partial charge in [0.25, 0.3) is 0 Å². The molecule has 0 radical (unpaired) electrons. The predicted octanol–water partition coefficient (Wildman–Crippen LogP) is 3.97. The quantitative estimate of drug-likeness (QED) is 0.616. The third-order valence-corrected chi connectivity index (χ3v) is 5.85. The highest BCUT2D eigenvalue weighted by molar-refractivity contribution is 7.13. The van der Waals surface area contributed by atoms with Crippen LogP contribution in [0.15, 0.2) is 40.4 Å². The molecule has 0 bridgehead atoms. The number of anilines is 1. The fourth-order valence-electron chi connectivity index (χ4n) is 3.37. The number of carbonyl (C=O) groups is 2. The van der Waals surface area contributed by atoms with Crippen molar-refractivity contribution >= 4 is 39.9 Å². The van der Waals surface area contributed by atoms with Crippen molar-refractivity contribution in [3.05, 3.63) is 46.8 Å². The molecule has 1 unspecified atom stereocenters. The summed E-state index contributed by atoms with van der Waals surface area (Å²) in [7, 11) is 0. The van der Waals surface area contributed by atoms with Gasteiger partial charge in [0.15, 0.2) is 5.13 Å². The predicted molar refractivity (Wildman–Crippen MR) is 113 cm³/mol. The molecular formula is C20H20ClN5O3S. The third-order valence-electron chi connectivity index (χ3n) is 4.91. The van der Waals surface area contributed by atoms with Crippen LogP contribution in [0.5, 0.6) is 0 Å². The molecule has 0 saturated carbocycles. The van der Waals surface area contributed by atoms with Crippen LogP contribution in [0.2, 0.25) is 5.02 Å². The van der Waals surface area contributed by atoms with Gasteiger partial charge < -0.3 is 14.7 Å². The fourth-order valence-corrected chi connectivity index (χ4v) is 4.04. The second kappa shape index (κ2) is 9.36. The van der Waals surface area contributed by atoms with Gasteiger partial charge in [-0.1, -0.05) is 16.8 Å². The molecule has 156 valence electrons. The summed E-state index contributed by atoms with van der Waals surface area (Å²) in [5.74, 6) is 0.756. The minimum Gasteiger partial charge on any atom is -0.342 e. The van der Waals surface area contributed by atoms with Crippen LogP contribution >= 0.6 is 22.9 Å². The lowest BCUT2D eigenvalue weighted by molar-refractivity contribution is -0.134. The summed E-state index contributed by atoms with van der Waals surface area (Å²) >= 11 is 7.27. The van der Waals surface area contributed by atoms with E-state index in [1.807, 2.05) is 12.1 Å². The van der Waals surface area contributed by atoms with Crippen molar-refractivity contribution in [2.75, 3.05) is 18.4 Å². The molecule has 8 nitrogen and oxygen atoms in total. The Kier molecular flexibility index (Phi) is 6.39. The molecule has 30 heavy (non-hydrogen) atoms. The van der Waals surface area contributed by atoms with E-state index in [9.17, 15) is 9.59 Å². The Morgan fingerprint density at radius 1 is 1.27 bits per heavy atom. The Bertz CT molecular complexity index is 1010. The van der Waals surface area contributed by atoms with E-state index in [0.717, 1.165) is 18.4 Å². The molecule has 1 aromatic carbocycles. The Hall–Kier alpha value is -2.78. The number of amides is 2. The Balaban J connectivity index is 1.32. The number of rotatable bonds is 6. The summed E-state index contributed by atoms with van der Waals surface area (Å²) in [6.45, 7) is 1.18. The molecular weight excluding hydrogens is 426 g/mol. The van der Waals surface area contributed by atoms with Crippen molar-refractivity contribution in [3.8, 4) is 11.4 Å². The lowest BCUT2D eigenvalue weighted by Gasteiger charge is -2.31. The summed E-state index contributed by atoms with van der Waals surface area (Å²) in [6.07, 6.45) is 3.62. The van der Waals surface area contributed by atoms with E-state index in [0.29, 0.717) is 35.0 Å². The third kappa shape index (κ3) is 5.03. The molecule has 4 rings (SSSR count). The molecule has 1 atom stereocenters. The molecule has 0 aliphatic carbocycles. The number of nitrogens with zero attached hydrogens (tertiary/aromatic N) is 4. The Labute approximate surface area is 182 Å². The van der Waals surface area contributed by atoms with Crippen LogP contribution in [-0.4, -0.2) is 44.9 Å². The van der Waals surface area contributed by atoms with Gasteiger partial charge in [0, 0.05) is 48.1 Å². The van der Waals surface area contributed by atoms with Crippen LogP contribution in [0.3, 0.4) is 0 Å². The first kappa shape index (κ1) is 20.5. The SMILES string of the molecule is O=C(CCC(=O)N1CCCC(c2nc(-c3ccc(Cl)cc3)no2)C1)Nc1nccs1. The summed E-state index contributed by atoms with van der Waals surface area (Å²) < 4.78 is 5.47. The zero-order chi connectivity index (χ0) is 20.9. The lowest BCUT2D eigenvalue weighted by atomic mass is 9.97. The average Bonchev–Trinajstić information content (AvgIpc) is 3.45.